The Hall–Kier alpha value is 0.390. The van der Waals surface area contributed by atoms with E-state index in [1.807, 2.05) is 0 Å². The predicted octanol–water partition coefficient (Wildman–Crippen LogP) is 4.82. The van der Waals surface area contributed by atoms with E-state index in [-0.39, 0.29) is 0 Å². The number of piperidine rings is 1. The molecule has 0 spiro atoms. The summed E-state index contributed by atoms with van der Waals surface area (Å²) in [5, 5.41) is 0. The lowest BCUT2D eigenvalue weighted by Crippen LogP contribution is -2.44. The summed E-state index contributed by atoms with van der Waals surface area (Å²) < 4.78 is 1.83. The Bertz CT molecular complexity index is 389. The fourth-order valence-corrected chi connectivity index (χ4v) is 4.89. The van der Waals surface area contributed by atoms with Crippen LogP contribution < -0.4 is 5.73 Å². The number of hydrogen-bond acceptors (Lipinski definition) is 3. The first-order valence-electron chi connectivity index (χ1n) is 7.07. The Morgan fingerprint density at radius 3 is 2.95 bits per heavy atom. The number of likely N-dealkylation sites (tertiary alicyclic amines) is 1. The van der Waals surface area contributed by atoms with Gasteiger partial charge in [0.1, 0.15) is 4.34 Å². The van der Waals surface area contributed by atoms with Gasteiger partial charge in [-0.3, -0.25) is 4.90 Å². The Morgan fingerprint density at radius 1 is 1.58 bits per heavy atom. The van der Waals surface area contributed by atoms with Crippen LogP contribution in [0.4, 0.5) is 0 Å². The molecule has 2 atom stereocenters. The largest absolute Gasteiger partial charge is 0.329 e. The molecule has 2 heterocycles. The van der Waals surface area contributed by atoms with Crippen LogP contribution in [0.2, 0.25) is 4.34 Å². The smallest absolute Gasteiger partial charge is 0.107 e. The van der Waals surface area contributed by atoms with Crippen molar-refractivity contribution in [1.29, 1.82) is 0 Å². The van der Waals surface area contributed by atoms with Crippen molar-refractivity contribution in [2.45, 2.75) is 51.1 Å². The summed E-state index contributed by atoms with van der Waals surface area (Å²) >= 11 is 11.3. The van der Waals surface area contributed by atoms with Crippen molar-refractivity contribution in [1.82, 2.24) is 4.90 Å². The molecular weight excluding hydrogens is 344 g/mol. The van der Waals surface area contributed by atoms with Crippen molar-refractivity contribution in [2.24, 2.45) is 5.73 Å². The Kier molecular flexibility index (Phi) is 6.15. The molecule has 0 aliphatic carbocycles. The van der Waals surface area contributed by atoms with Crippen molar-refractivity contribution in [3.05, 3.63) is 19.8 Å². The van der Waals surface area contributed by atoms with Crippen LogP contribution in [-0.2, 0) is 0 Å². The van der Waals surface area contributed by atoms with Crippen molar-refractivity contribution in [2.75, 3.05) is 13.1 Å². The Morgan fingerprint density at radius 2 is 2.37 bits per heavy atom. The van der Waals surface area contributed by atoms with Crippen LogP contribution in [0.15, 0.2) is 10.5 Å². The second-order valence-corrected chi connectivity index (χ2v) is 7.74. The minimum atomic E-state index is 0.325. The van der Waals surface area contributed by atoms with Crippen LogP contribution >= 0.6 is 38.9 Å². The first-order valence-corrected chi connectivity index (χ1v) is 9.06. The molecule has 108 valence electrons. The maximum atomic E-state index is 6.18. The lowest BCUT2D eigenvalue weighted by Gasteiger charge is -2.40. The van der Waals surface area contributed by atoms with Gasteiger partial charge in [-0.05, 0) is 47.8 Å². The van der Waals surface area contributed by atoms with Gasteiger partial charge in [-0.25, -0.2) is 0 Å². The molecule has 1 fully saturated rings. The molecule has 19 heavy (non-hydrogen) atoms. The standard InChI is InChI=1S/C14H22BrClN2S/c1-2-5-10-6-3-4-7-18(10)12(9-17)13-8-11(15)14(16)19-13/h8,10,12H,2-7,9,17H2,1H3. The minimum Gasteiger partial charge on any atom is -0.329 e. The average Bonchev–Trinajstić information content (AvgIpc) is 2.73. The van der Waals surface area contributed by atoms with E-state index in [2.05, 4.69) is 33.8 Å². The minimum absolute atomic E-state index is 0.325. The summed E-state index contributed by atoms with van der Waals surface area (Å²) in [7, 11) is 0. The molecule has 0 amide bonds. The Labute approximate surface area is 133 Å². The van der Waals surface area contributed by atoms with Gasteiger partial charge < -0.3 is 5.73 Å². The lowest BCUT2D eigenvalue weighted by molar-refractivity contribution is 0.0929. The third-order valence-corrected chi connectivity index (χ3v) is 6.49. The molecule has 5 heteroatoms. The van der Waals surface area contributed by atoms with Gasteiger partial charge >= 0.3 is 0 Å². The molecule has 1 aromatic heterocycles. The van der Waals surface area contributed by atoms with Crippen molar-refractivity contribution >= 4 is 38.9 Å². The molecular formula is C14H22BrClN2S. The van der Waals surface area contributed by atoms with Crippen molar-refractivity contribution < 1.29 is 0 Å². The molecule has 0 radical (unpaired) electrons. The fraction of sp³-hybridized carbons (Fsp3) is 0.714. The normalized spacial score (nSPS) is 22.6. The Balaban J connectivity index is 2.18. The third-order valence-electron chi connectivity index (χ3n) is 3.91. The van der Waals surface area contributed by atoms with Gasteiger partial charge in [-0.1, -0.05) is 31.4 Å². The molecule has 2 N–H and O–H groups in total. The van der Waals surface area contributed by atoms with Gasteiger partial charge in [0, 0.05) is 21.9 Å². The number of rotatable bonds is 5. The maximum absolute atomic E-state index is 6.18. The summed E-state index contributed by atoms with van der Waals surface area (Å²) in [6.45, 7) is 4.10. The van der Waals surface area contributed by atoms with Gasteiger partial charge in [0.05, 0.1) is 6.04 Å². The van der Waals surface area contributed by atoms with E-state index in [1.54, 1.807) is 11.3 Å². The topological polar surface area (TPSA) is 29.3 Å². The summed E-state index contributed by atoms with van der Waals surface area (Å²) in [4.78, 5) is 3.91. The zero-order chi connectivity index (χ0) is 13.8. The molecule has 0 saturated carbocycles. The molecule has 1 saturated heterocycles. The summed E-state index contributed by atoms with van der Waals surface area (Å²) in [5.74, 6) is 0. The van der Waals surface area contributed by atoms with E-state index < -0.39 is 0 Å². The number of hydrogen-bond donors (Lipinski definition) is 1. The average molecular weight is 366 g/mol. The molecule has 2 rings (SSSR count). The highest BCUT2D eigenvalue weighted by atomic mass is 79.9. The van der Waals surface area contributed by atoms with Gasteiger partial charge in [-0.2, -0.15) is 0 Å². The van der Waals surface area contributed by atoms with E-state index in [4.69, 9.17) is 17.3 Å². The van der Waals surface area contributed by atoms with Crippen molar-refractivity contribution in [3.8, 4) is 0 Å². The summed E-state index contributed by atoms with van der Waals surface area (Å²) in [6.07, 6.45) is 6.47. The SMILES string of the molecule is CCCC1CCCCN1C(CN)c1cc(Br)c(Cl)s1. The highest BCUT2D eigenvalue weighted by Crippen LogP contribution is 2.39. The second-order valence-electron chi connectivity index (χ2n) is 5.20. The molecule has 0 aromatic carbocycles. The van der Waals surface area contributed by atoms with Gasteiger partial charge in [0.25, 0.3) is 0 Å². The zero-order valence-electron chi connectivity index (χ0n) is 11.4. The number of thiophene rings is 1. The van der Waals surface area contributed by atoms with E-state index in [0.29, 0.717) is 18.6 Å². The lowest BCUT2D eigenvalue weighted by atomic mass is 9.95. The number of halogens is 2. The predicted molar refractivity (Wildman–Crippen MR) is 88.1 cm³/mol. The summed E-state index contributed by atoms with van der Waals surface area (Å²) in [6, 6.07) is 3.15. The van der Waals surface area contributed by atoms with Gasteiger partial charge in [-0.15, -0.1) is 11.3 Å². The van der Waals surface area contributed by atoms with Crippen LogP contribution in [-0.4, -0.2) is 24.0 Å². The molecule has 0 bridgehead atoms. The van der Waals surface area contributed by atoms with E-state index in [1.165, 1.54) is 43.5 Å². The van der Waals surface area contributed by atoms with Crippen LogP contribution in [0, 0.1) is 0 Å². The summed E-state index contributed by atoms with van der Waals surface area (Å²) in [5.41, 5.74) is 6.06. The quantitative estimate of drug-likeness (QED) is 0.810. The third kappa shape index (κ3) is 3.73. The zero-order valence-corrected chi connectivity index (χ0v) is 14.5. The van der Waals surface area contributed by atoms with E-state index >= 15 is 0 Å². The first-order chi connectivity index (χ1) is 9.17. The number of nitrogens with zero attached hydrogens (tertiary/aromatic N) is 1. The van der Waals surface area contributed by atoms with Gasteiger partial charge in [0.2, 0.25) is 0 Å². The van der Waals surface area contributed by atoms with E-state index in [0.717, 1.165) is 8.81 Å². The maximum Gasteiger partial charge on any atom is 0.107 e. The second kappa shape index (κ2) is 7.41. The molecule has 1 aliphatic heterocycles. The van der Waals surface area contributed by atoms with Crippen LogP contribution in [0.25, 0.3) is 0 Å². The first kappa shape index (κ1) is 15.8. The molecule has 2 unspecified atom stereocenters. The van der Waals surface area contributed by atoms with Crippen molar-refractivity contribution in [3.63, 3.8) is 0 Å². The number of nitrogens with two attached hydrogens (primary N) is 1. The van der Waals surface area contributed by atoms with Crippen LogP contribution in [0.3, 0.4) is 0 Å². The highest BCUT2D eigenvalue weighted by Gasteiger charge is 2.29. The molecule has 1 aromatic rings. The van der Waals surface area contributed by atoms with Crippen LogP contribution in [0.1, 0.15) is 49.9 Å². The highest BCUT2D eigenvalue weighted by molar-refractivity contribution is 9.10. The van der Waals surface area contributed by atoms with E-state index in [9.17, 15) is 0 Å². The molecule has 2 nitrogen and oxygen atoms in total. The van der Waals surface area contributed by atoms with Gasteiger partial charge in [0.15, 0.2) is 0 Å². The fourth-order valence-electron chi connectivity index (χ4n) is 3.02. The monoisotopic (exact) mass is 364 g/mol. The molecule has 1 aliphatic rings. The van der Waals surface area contributed by atoms with Crippen LogP contribution in [0.5, 0.6) is 0 Å².